The summed E-state index contributed by atoms with van der Waals surface area (Å²) >= 11 is 4.35. The molecule has 1 N–H and O–H groups in total. The van der Waals surface area contributed by atoms with Gasteiger partial charge in [-0.2, -0.15) is 12.6 Å². The Labute approximate surface area is 126 Å². The molecular weight excluding hydrogens is 274 g/mol. The van der Waals surface area contributed by atoms with Gasteiger partial charge in [0.05, 0.1) is 18.5 Å². The molecule has 1 aromatic rings. The van der Waals surface area contributed by atoms with Gasteiger partial charge in [-0.15, -0.1) is 0 Å². The Kier molecular flexibility index (Phi) is 9.11. The van der Waals surface area contributed by atoms with Crippen LogP contribution in [0.25, 0.3) is 0 Å². The second kappa shape index (κ2) is 10.7. The minimum atomic E-state index is -0.313. The largest absolute Gasteiger partial charge is 0.382 e. The molecule has 1 aromatic carbocycles. The summed E-state index contributed by atoms with van der Waals surface area (Å²) in [7, 11) is 1.64. The lowest BCUT2D eigenvalue weighted by atomic mass is 10.1. The van der Waals surface area contributed by atoms with Crippen LogP contribution >= 0.6 is 12.6 Å². The number of thiol groups is 1. The summed E-state index contributed by atoms with van der Waals surface area (Å²) in [5.74, 6) is -0.0333. The predicted molar refractivity (Wildman–Crippen MR) is 83.2 cm³/mol. The van der Waals surface area contributed by atoms with Gasteiger partial charge < -0.3 is 14.8 Å². The van der Waals surface area contributed by atoms with Gasteiger partial charge in [-0.05, 0) is 18.4 Å². The van der Waals surface area contributed by atoms with Crippen LogP contribution in [0.15, 0.2) is 30.3 Å². The molecular formula is C15H23NO3S. The molecule has 0 aromatic heterocycles. The number of methoxy groups -OCH3 is 1. The first-order valence-electron chi connectivity index (χ1n) is 6.80. The third kappa shape index (κ3) is 7.53. The topological polar surface area (TPSA) is 47.6 Å². The molecule has 0 radical (unpaired) electrons. The number of ether oxygens (including phenoxy) is 2. The van der Waals surface area contributed by atoms with Crippen molar-refractivity contribution in [2.24, 2.45) is 0 Å². The lowest BCUT2D eigenvalue weighted by Crippen LogP contribution is -2.33. The molecule has 1 unspecified atom stereocenters. The summed E-state index contributed by atoms with van der Waals surface area (Å²) in [6.07, 6.45) is 1.43. The Balaban J connectivity index is 2.10. The second-order valence-electron chi connectivity index (χ2n) is 4.46. The molecule has 0 saturated heterocycles. The van der Waals surface area contributed by atoms with Crippen molar-refractivity contribution in [1.29, 1.82) is 0 Å². The van der Waals surface area contributed by atoms with E-state index in [2.05, 4.69) is 17.9 Å². The van der Waals surface area contributed by atoms with Crippen molar-refractivity contribution >= 4 is 18.5 Å². The van der Waals surface area contributed by atoms with E-state index in [0.29, 0.717) is 32.8 Å². The molecule has 0 aliphatic rings. The maximum Gasteiger partial charge on any atom is 0.233 e. The Morgan fingerprint density at radius 2 is 2.00 bits per heavy atom. The lowest BCUT2D eigenvalue weighted by Gasteiger charge is -2.11. The number of hydrogen-bond donors (Lipinski definition) is 2. The van der Waals surface area contributed by atoms with Crippen LogP contribution < -0.4 is 5.32 Å². The maximum absolute atomic E-state index is 11.8. The Morgan fingerprint density at radius 1 is 1.25 bits per heavy atom. The normalized spacial score (nSPS) is 12.1. The molecule has 0 aliphatic carbocycles. The summed E-state index contributed by atoms with van der Waals surface area (Å²) in [5.41, 5.74) is 1.12. The van der Waals surface area contributed by atoms with Gasteiger partial charge in [0.1, 0.15) is 0 Å². The third-order valence-electron chi connectivity index (χ3n) is 2.77. The summed E-state index contributed by atoms with van der Waals surface area (Å²) in [4.78, 5) is 11.8. The van der Waals surface area contributed by atoms with Crippen LogP contribution in [-0.4, -0.2) is 44.6 Å². The third-order valence-corrected chi connectivity index (χ3v) is 3.19. The fraction of sp³-hybridized carbons (Fsp3) is 0.533. The molecule has 0 spiro atoms. The van der Waals surface area contributed by atoms with E-state index in [-0.39, 0.29) is 11.2 Å². The summed E-state index contributed by atoms with van der Waals surface area (Å²) in [6, 6.07) is 9.89. The number of carbonyl (C=O) groups excluding carboxylic acids is 1. The molecule has 0 saturated carbocycles. The van der Waals surface area contributed by atoms with Gasteiger partial charge in [0.2, 0.25) is 5.91 Å². The van der Waals surface area contributed by atoms with Gasteiger partial charge in [-0.25, -0.2) is 0 Å². The molecule has 1 atom stereocenters. The number of rotatable bonds is 10. The van der Waals surface area contributed by atoms with Crippen LogP contribution in [0.4, 0.5) is 0 Å². The van der Waals surface area contributed by atoms with E-state index in [1.54, 1.807) is 7.11 Å². The number of hydrogen-bond acceptors (Lipinski definition) is 4. The highest BCUT2D eigenvalue weighted by molar-refractivity contribution is 7.81. The van der Waals surface area contributed by atoms with Gasteiger partial charge in [0.15, 0.2) is 0 Å². The number of carbonyl (C=O) groups is 1. The van der Waals surface area contributed by atoms with Crippen molar-refractivity contribution < 1.29 is 14.3 Å². The molecule has 0 aliphatic heterocycles. The van der Waals surface area contributed by atoms with Crippen molar-refractivity contribution in [1.82, 2.24) is 5.32 Å². The number of nitrogens with one attached hydrogen (secondary N) is 1. The zero-order valence-corrected chi connectivity index (χ0v) is 12.8. The first kappa shape index (κ1) is 17.0. The van der Waals surface area contributed by atoms with Crippen LogP contribution in [-0.2, 0) is 20.7 Å². The summed E-state index contributed by atoms with van der Waals surface area (Å²) in [5, 5.41) is 2.55. The highest BCUT2D eigenvalue weighted by atomic mass is 32.1. The van der Waals surface area contributed by atoms with E-state index in [1.165, 1.54) is 0 Å². The van der Waals surface area contributed by atoms with Gasteiger partial charge in [-0.3, -0.25) is 4.79 Å². The Bertz CT molecular complexity index is 373. The molecule has 1 rings (SSSR count). The first-order chi connectivity index (χ1) is 9.74. The second-order valence-corrected chi connectivity index (χ2v) is 5.08. The fourth-order valence-electron chi connectivity index (χ4n) is 1.68. The molecule has 1 amide bonds. The monoisotopic (exact) mass is 297 g/mol. The zero-order chi connectivity index (χ0) is 14.6. The highest BCUT2D eigenvalue weighted by Gasteiger charge is 2.13. The molecule has 20 heavy (non-hydrogen) atoms. The Morgan fingerprint density at radius 3 is 2.70 bits per heavy atom. The molecule has 4 nitrogen and oxygen atoms in total. The molecule has 112 valence electrons. The standard InChI is InChI=1S/C15H23NO3S/c1-18-10-11-19-9-5-8-16-15(17)14(20)12-13-6-3-2-4-7-13/h2-4,6-7,14,20H,5,8-12H2,1H3,(H,16,17). The van der Waals surface area contributed by atoms with Crippen LogP contribution in [0, 0.1) is 0 Å². The first-order valence-corrected chi connectivity index (χ1v) is 7.32. The highest BCUT2D eigenvalue weighted by Crippen LogP contribution is 2.07. The fourth-order valence-corrected chi connectivity index (χ4v) is 1.98. The number of benzene rings is 1. The average Bonchev–Trinajstić information content (AvgIpc) is 2.47. The predicted octanol–water partition coefficient (Wildman–Crippen LogP) is 1.70. The van der Waals surface area contributed by atoms with Crippen LogP contribution in [0.1, 0.15) is 12.0 Å². The van der Waals surface area contributed by atoms with Crippen molar-refractivity contribution in [2.75, 3.05) is 33.5 Å². The average molecular weight is 297 g/mol. The van der Waals surface area contributed by atoms with Crippen LogP contribution in [0.5, 0.6) is 0 Å². The quantitative estimate of drug-likeness (QED) is 0.510. The van der Waals surface area contributed by atoms with Crippen molar-refractivity contribution in [3.05, 3.63) is 35.9 Å². The maximum atomic E-state index is 11.8. The van der Waals surface area contributed by atoms with E-state index in [1.807, 2.05) is 30.3 Å². The Hall–Kier alpha value is -1.04. The summed E-state index contributed by atoms with van der Waals surface area (Å²) < 4.78 is 10.2. The van der Waals surface area contributed by atoms with Gasteiger partial charge in [0, 0.05) is 20.3 Å². The van der Waals surface area contributed by atoms with Crippen LogP contribution in [0.3, 0.4) is 0 Å². The van der Waals surface area contributed by atoms with Gasteiger partial charge in [-0.1, -0.05) is 30.3 Å². The van der Waals surface area contributed by atoms with Gasteiger partial charge >= 0.3 is 0 Å². The minimum Gasteiger partial charge on any atom is -0.382 e. The SMILES string of the molecule is COCCOCCCNC(=O)C(S)Cc1ccccc1. The molecule has 5 heteroatoms. The van der Waals surface area contributed by atoms with E-state index in [0.717, 1.165) is 12.0 Å². The van der Waals surface area contributed by atoms with Crippen molar-refractivity contribution in [2.45, 2.75) is 18.1 Å². The summed E-state index contributed by atoms with van der Waals surface area (Å²) in [6.45, 7) is 2.42. The molecule has 0 heterocycles. The van der Waals surface area contributed by atoms with Crippen molar-refractivity contribution in [3.8, 4) is 0 Å². The van der Waals surface area contributed by atoms with Gasteiger partial charge in [0.25, 0.3) is 0 Å². The van der Waals surface area contributed by atoms with Crippen molar-refractivity contribution in [3.63, 3.8) is 0 Å². The minimum absolute atomic E-state index is 0.0333. The smallest absolute Gasteiger partial charge is 0.233 e. The van der Waals surface area contributed by atoms with E-state index in [9.17, 15) is 4.79 Å². The lowest BCUT2D eigenvalue weighted by molar-refractivity contribution is -0.120. The zero-order valence-electron chi connectivity index (χ0n) is 11.9. The van der Waals surface area contributed by atoms with E-state index >= 15 is 0 Å². The molecule has 0 bridgehead atoms. The van der Waals surface area contributed by atoms with E-state index in [4.69, 9.17) is 9.47 Å². The molecule has 0 fully saturated rings. The van der Waals surface area contributed by atoms with Crippen LogP contribution in [0.2, 0.25) is 0 Å². The van der Waals surface area contributed by atoms with E-state index < -0.39 is 0 Å². The number of amides is 1.